The Bertz CT molecular complexity index is 399. The van der Waals surface area contributed by atoms with Crippen LogP contribution in [0.2, 0.25) is 0 Å². The third kappa shape index (κ3) is 6.50. The zero-order valence-corrected chi connectivity index (χ0v) is 14.2. The minimum Gasteiger partial charge on any atom is -0.383 e. The van der Waals surface area contributed by atoms with Crippen molar-refractivity contribution in [2.45, 2.75) is 18.5 Å². The van der Waals surface area contributed by atoms with Crippen molar-refractivity contribution in [3.05, 3.63) is 6.07 Å². The SMILES string of the molecule is CCCNc1cc(N(CCOC)CCOC)nc(SC)n1. The van der Waals surface area contributed by atoms with Crippen LogP contribution in [0.15, 0.2) is 11.2 Å². The van der Waals surface area contributed by atoms with Crippen LogP contribution in [0.3, 0.4) is 0 Å². The molecule has 0 bridgehead atoms. The maximum atomic E-state index is 5.18. The highest BCUT2D eigenvalue weighted by molar-refractivity contribution is 7.98. The minimum absolute atomic E-state index is 0.653. The summed E-state index contributed by atoms with van der Waals surface area (Å²) >= 11 is 1.54. The summed E-state index contributed by atoms with van der Waals surface area (Å²) in [7, 11) is 3.41. The fourth-order valence-corrected chi connectivity index (χ4v) is 2.13. The molecule has 1 aromatic rings. The quantitative estimate of drug-likeness (QED) is 0.496. The van der Waals surface area contributed by atoms with Crippen molar-refractivity contribution in [3.8, 4) is 0 Å². The molecular weight excluding hydrogens is 288 g/mol. The van der Waals surface area contributed by atoms with Gasteiger partial charge < -0.3 is 19.7 Å². The van der Waals surface area contributed by atoms with Crippen molar-refractivity contribution in [2.75, 3.05) is 63.5 Å². The van der Waals surface area contributed by atoms with Crippen LogP contribution in [0.25, 0.3) is 0 Å². The molecule has 0 saturated carbocycles. The van der Waals surface area contributed by atoms with Gasteiger partial charge in [0.1, 0.15) is 11.6 Å². The zero-order valence-electron chi connectivity index (χ0n) is 13.4. The first-order chi connectivity index (χ1) is 10.2. The average molecular weight is 314 g/mol. The van der Waals surface area contributed by atoms with Crippen LogP contribution in [-0.2, 0) is 9.47 Å². The Balaban J connectivity index is 2.91. The molecule has 1 heterocycles. The van der Waals surface area contributed by atoms with Crippen LogP contribution in [0.4, 0.5) is 11.6 Å². The van der Waals surface area contributed by atoms with E-state index in [9.17, 15) is 0 Å². The second-order valence-electron chi connectivity index (χ2n) is 4.50. The number of anilines is 2. The predicted molar refractivity (Wildman–Crippen MR) is 88.6 cm³/mol. The van der Waals surface area contributed by atoms with Gasteiger partial charge >= 0.3 is 0 Å². The summed E-state index contributed by atoms with van der Waals surface area (Å²) in [6.45, 7) is 5.89. The van der Waals surface area contributed by atoms with Gasteiger partial charge in [0.15, 0.2) is 5.16 Å². The summed E-state index contributed by atoms with van der Waals surface area (Å²) in [6.07, 6.45) is 3.04. The molecule has 0 spiro atoms. The van der Waals surface area contributed by atoms with Gasteiger partial charge in [-0.15, -0.1) is 0 Å². The first-order valence-electron chi connectivity index (χ1n) is 7.14. The number of hydrogen-bond acceptors (Lipinski definition) is 7. The molecule has 0 saturated heterocycles. The van der Waals surface area contributed by atoms with Crippen LogP contribution in [0.5, 0.6) is 0 Å². The molecule has 0 aliphatic rings. The van der Waals surface area contributed by atoms with Crippen LogP contribution < -0.4 is 10.2 Å². The number of hydrogen-bond donors (Lipinski definition) is 1. The zero-order chi connectivity index (χ0) is 15.5. The molecule has 1 rings (SSSR count). The van der Waals surface area contributed by atoms with E-state index in [1.165, 1.54) is 0 Å². The molecule has 7 heteroatoms. The topological polar surface area (TPSA) is 59.5 Å². The Morgan fingerprint density at radius 2 is 1.86 bits per heavy atom. The maximum Gasteiger partial charge on any atom is 0.191 e. The summed E-state index contributed by atoms with van der Waals surface area (Å²) in [4.78, 5) is 11.2. The van der Waals surface area contributed by atoms with E-state index in [1.54, 1.807) is 26.0 Å². The van der Waals surface area contributed by atoms with Gasteiger partial charge in [-0.05, 0) is 12.7 Å². The second kappa shape index (κ2) is 10.6. The second-order valence-corrected chi connectivity index (χ2v) is 5.27. The van der Waals surface area contributed by atoms with E-state index in [0.717, 1.165) is 42.8 Å². The lowest BCUT2D eigenvalue weighted by atomic mass is 10.4. The third-order valence-electron chi connectivity index (χ3n) is 2.89. The van der Waals surface area contributed by atoms with E-state index in [4.69, 9.17) is 9.47 Å². The average Bonchev–Trinajstić information content (AvgIpc) is 2.52. The Morgan fingerprint density at radius 1 is 1.19 bits per heavy atom. The van der Waals surface area contributed by atoms with Gasteiger partial charge in [-0.1, -0.05) is 18.7 Å². The van der Waals surface area contributed by atoms with Gasteiger partial charge in [0, 0.05) is 39.9 Å². The van der Waals surface area contributed by atoms with Crippen LogP contribution in [-0.4, -0.2) is 63.3 Å². The first-order valence-corrected chi connectivity index (χ1v) is 8.37. The molecule has 6 nitrogen and oxygen atoms in total. The van der Waals surface area contributed by atoms with Gasteiger partial charge in [0.25, 0.3) is 0 Å². The molecule has 0 amide bonds. The number of nitrogens with one attached hydrogen (secondary N) is 1. The van der Waals surface area contributed by atoms with E-state index < -0.39 is 0 Å². The molecule has 0 aliphatic carbocycles. The van der Waals surface area contributed by atoms with Crippen molar-refractivity contribution in [2.24, 2.45) is 0 Å². The monoisotopic (exact) mass is 314 g/mol. The molecular formula is C14H26N4O2S. The number of nitrogens with zero attached hydrogens (tertiary/aromatic N) is 3. The fraction of sp³-hybridized carbons (Fsp3) is 0.714. The summed E-state index contributed by atoms with van der Waals surface area (Å²) in [5.41, 5.74) is 0. The summed E-state index contributed by atoms with van der Waals surface area (Å²) < 4.78 is 10.4. The third-order valence-corrected chi connectivity index (χ3v) is 3.43. The predicted octanol–water partition coefficient (Wildman–Crippen LogP) is 2.12. The Hall–Kier alpha value is -1.05. The molecule has 0 aromatic carbocycles. The van der Waals surface area contributed by atoms with Crippen LogP contribution in [0, 0.1) is 0 Å². The van der Waals surface area contributed by atoms with Gasteiger partial charge in [-0.25, -0.2) is 9.97 Å². The minimum atomic E-state index is 0.653. The molecule has 0 atom stereocenters. The van der Waals surface area contributed by atoms with Gasteiger partial charge in [0.05, 0.1) is 13.2 Å². The maximum absolute atomic E-state index is 5.18. The first kappa shape index (κ1) is 18.0. The Kier molecular flexibility index (Phi) is 9.12. The molecule has 0 fully saturated rings. The number of rotatable bonds is 11. The standard InChI is InChI=1S/C14H26N4O2S/c1-5-6-15-12-11-13(17-14(16-12)21-4)18(7-9-19-2)8-10-20-3/h11H,5-10H2,1-4H3,(H,15,16,17). The van der Waals surface area contributed by atoms with Crippen LogP contribution in [0.1, 0.15) is 13.3 Å². The molecule has 1 aromatic heterocycles. The highest BCUT2D eigenvalue weighted by atomic mass is 32.2. The van der Waals surface area contributed by atoms with Crippen LogP contribution >= 0.6 is 11.8 Å². The van der Waals surface area contributed by atoms with E-state index >= 15 is 0 Å². The Labute approximate surface area is 131 Å². The number of methoxy groups -OCH3 is 2. The normalized spacial score (nSPS) is 10.7. The smallest absolute Gasteiger partial charge is 0.191 e. The highest BCUT2D eigenvalue weighted by Crippen LogP contribution is 2.20. The summed E-state index contributed by atoms with van der Waals surface area (Å²) in [5.74, 6) is 1.77. The number of ether oxygens (including phenoxy) is 2. The van der Waals surface area contributed by atoms with Gasteiger partial charge in [-0.3, -0.25) is 0 Å². The lowest BCUT2D eigenvalue weighted by molar-refractivity contribution is 0.190. The molecule has 0 radical (unpaired) electrons. The molecule has 120 valence electrons. The van der Waals surface area contributed by atoms with Crippen molar-refractivity contribution < 1.29 is 9.47 Å². The van der Waals surface area contributed by atoms with Crippen molar-refractivity contribution >= 4 is 23.4 Å². The molecule has 21 heavy (non-hydrogen) atoms. The lowest BCUT2D eigenvalue weighted by Crippen LogP contribution is -2.31. The van der Waals surface area contributed by atoms with Crippen molar-refractivity contribution in [3.63, 3.8) is 0 Å². The number of aromatic nitrogens is 2. The van der Waals surface area contributed by atoms with E-state index in [0.29, 0.717) is 13.2 Å². The van der Waals surface area contributed by atoms with Crippen molar-refractivity contribution in [1.29, 1.82) is 0 Å². The summed E-state index contributed by atoms with van der Waals surface area (Å²) in [6, 6.07) is 1.99. The van der Waals surface area contributed by atoms with Crippen molar-refractivity contribution in [1.82, 2.24) is 9.97 Å². The van der Waals surface area contributed by atoms with E-state index in [-0.39, 0.29) is 0 Å². The van der Waals surface area contributed by atoms with E-state index in [1.807, 2.05) is 12.3 Å². The largest absolute Gasteiger partial charge is 0.383 e. The molecule has 1 N–H and O–H groups in total. The summed E-state index contributed by atoms with van der Waals surface area (Å²) in [5, 5.41) is 4.09. The Morgan fingerprint density at radius 3 is 2.38 bits per heavy atom. The number of thioether (sulfide) groups is 1. The van der Waals surface area contributed by atoms with Gasteiger partial charge in [-0.2, -0.15) is 0 Å². The lowest BCUT2D eigenvalue weighted by Gasteiger charge is -2.24. The van der Waals surface area contributed by atoms with Gasteiger partial charge in [0.2, 0.25) is 0 Å². The van der Waals surface area contributed by atoms with E-state index in [2.05, 4.69) is 27.1 Å². The fourth-order valence-electron chi connectivity index (χ4n) is 1.75. The molecule has 0 aliphatic heterocycles. The molecule has 0 unspecified atom stereocenters. The highest BCUT2D eigenvalue weighted by Gasteiger charge is 2.11.